The maximum Gasteiger partial charge on any atom is 0.269 e. The lowest BCUT2D eigenvalue weighted by molar-refractivity contribution is -0.133. The first-order chi connectivity index (χ1) is 17.6. The first-order valence-corrected chi connectivity index (χ1v) is 12.7. The average molecular weight is 523 g/mol. The highest BCUT2D eigenvalue weighted by atomic mass is 19.3. The molecule has 1 amide bonds. The summed E-state index contributed by atoms with van der Waals surface area (Å²) in [6, 6.07) is 3.16. The molecule has 1 aliphatic carbocycles. The van der Waals surface area contributed by atoms with Crippen LogP contribution in [0.1, 0.15) is 38.7 Å². The topological polar surface area (TPSA) is 57.7 Å². The number of benzene rings is 1. The molecule has 202 valence electrons. The van der Waals surface area contributed by atoms with Crippen molar-refractivity contribution in [3.8, 4) is 17.0 Å². The fraction of sp³-hybridized carbons (Fsp3) is 0.556. The molecule has 2 fully saturated rings. The van der Waals surface area contributed by atoms with E-state index in [2.05, 4.69) is 33.9 Å². The number of methoxy groups -OCH3 is 1. The maximum absolute atomic E-state index is 15.1. The molecule has 0 spiro atoms. The number of rotatable bonds is 7. The van der Waals surface area contributed by atoms with Crippen LogP contribution in [0.4, 0.5) is 17.6 Å². The number of hydrogen-bond donors (Lipinski definition) is 1. The summed E-state index contributed by atoms with van der Waals surface area (Å²) in [4.78, 5) is 21.7. The molecule has 1 aliphatic heterocycles. The lowest BCUT2D eigenvalue weighted by Gasteiger charge is -2.47. The molecule has 1 aromatic carbocycles. The summed E-state index contributed by atoms with van der Waals surface area (Å²) >= 11 is 0. The molecule has 6 nitrogen and oxygen atoms in total. The van der Waals surface area contributed by atoms with Gasteiger partial charge in [0, 0.05) is 68.1 Å². The largest absolute Gasteiger partial charge is 0.494 e. The third kappa shape index (κ3) is 6.23. The van der Waals surface area contributed by atoms with Gasteiger partial charge < -0.3 is 10.1 Å². The van der Waals surface area contributed by atoms with Crippen molar-refractivity contribution in [1.82, 2.24) is 20.1 Å². The van der Waals surface area contributed by atoms with E-state index in [4.69, 9.17) is 4.74 Å². The van der Waals surface area contributed by atoms with Crippen molar-refractivity contribution in [3.63, 3.8) is 0 Å². The van der Waals surface area contributed by atoms with E-state index in [-0.39, 0.29) is 29.8 Å². The highest BCUT2D eigenvalue weighted by Gasteiger charge is 2.49. The Morgan fingerprint density at radius 3 is 2.46 bits per heavy atom. The number of ether oxygens (including phenoxy) is 1. The van der Waals surface area contributed by atoms with Gasteiger partial charge in [-0.25, -0.2) is 17.6 Å². The molecular weight excluding hydrogens is 488 g/mol. The molecule has 2 atom stereocenters. The van der Waals surface area contributed by atoms with Crippen LogP contribution in [-0.2, 0) is 11.2 Å². The molecule has 1 aromatic heterocycles. The van der Waals surface area contributed by atoms with Gasteiger partial charge in [-0.05, 0) is 44.9 Å². The zero-order chi connectivity index (χ0) is 26.7. The van der Waals surface area contributed by atoms with E-state index >= 15 is 8.78 Å². The summed E-state index contributed by atoms with van der Waals surface area (Å²) in [7, 11) is 1.36. The Hall–Kier alpha value is -2.72. The van der Waals surface area contributed by atoms with Crippen LogP contribution < -0.4 is 10.1 Å². The van der Waals surface area contributed by atoms with Crippen LogP contribution in [0.15, 0.2) is 30.5 Å². The number of carbonyl (C=O) groups is 1. The minimum atomic E-state index is -3.03. The number of alkyl halides is 2. The Balaban J connectivity index is 1.52. The summed E-state index contributed by atoms with van der Waals surface area (Å²) in [5, 5.41) is 2.63. The molecule has 2 aromatic rings. The lowest BCUT2D eigenvalue weighted by Crippen LogP contribution is -2.64. The lowest BCUT2D eigenvalue weighted by atomic mass is 9.85. The number of halogens is 4. The summed E-state index contributed by atoms with van der Waals surface area (Å²) < 4.78 is 63.3. The average Bonchev–Trinajstić information content (AvgIpc) is 2.84. The fourth-order valence-corrected chi connectivity index (χ4v) is 5.48. The van der Waals surface area contributed by atoms with E-state index in [0.717, 1.165) is 31.3 Å². The van der Waals surface area contributed by atoms with Crippen LogP contribution in [-0.4, -0.2) is 78.0 Å². The third-order valence-corrected chi connectivity index (χ3v) is 7.39. The fourth-order valence-electron chi connectivity index (χ4n) is 5.48. The minimum absolute atomic E-state index is 0.149. The van der Waals surface area contributed by atoms with Gasteiger partial charge in [-0.1, -0.05) is 0 Å². The van der Waals surface area contributed by atoms with Crippen molar-refractivity contribution in [2.45, 2.75) is 63.6 Å². The standard InChI is InChI=1S/C27H34F4N4O2/c1-17(2)34-9-11-35(12-10-34)22-5-4-7-27(30,31)26(22)33-23(36)15-18-6-8-32-24(25(18)37-3)19-13-20(28)16-21(29)14-19/h6,8,13-14,16-17,22,26H,4-5,7,9-12,15H2,1-3H3,(H,33,36)/t22-,26+/m0/s1. The van der Waals surface area contributed by atoms with E-state index in [1.54, 1.807) is 6.07 Å². The molecule has 10 heteroatoms. The van der Waals surface area contributed by atoms with Crippen LogP contribution in [0.5, 0.6) is 5.75 Å². The zero-order valence-electron chi connectivity index (χ0n) is 21.4. The number of carbonyl (C=O) groups excluding carboxylic acids is 1. The van der Waals surface area contributed by atoms with E-state index in [9.17, 15) is 13.6 Å². The van der Waals surface area contributed by atoms with Crippen LogP contribution in [0.3, 0.4) is 0 Å². The van der Waals surface area contributed by atoms with Gasteiger partial charge in [-0.3, -0.25) is 19.6 Å². The third-order valence-electron chi connectivity index (χ3n) is 7.39. The maximum atomic E-state index is 15.1. The van der Waals surface area contributed by atoms with Crippen molar-refractivity contribution in [1.29, 1.82) is 0 Å². The SMILES string of the molecule is COc1c(CC(=O)N[C@@H]2[C@@H](N3CCN(C(C)C)CC3)CCCC2(F)F)ccnc1-c1cc(F)cc(F)c1. The molecule has 1 saturated heterocycles. The molecule has 2 aliphatic rings. The smallest absolute Gasteiger partial charge is 0.269 e. The van der Waals surface area contributed by atoms with Crippen LogP contribution >= 0.6 is 0 Å². The van der Waals surface area contributed by atoms with Gasteiger partial charge in [0.2, 0.25) is 5.91 Å². The van der Waals surface area contributed by atoms with E-state index in [0.29, 0.717) is 37.5 Å². The predicted octanol–water partition coefficient (Wildman–Crippen LogP) is 4.28. The molecule has 1 saturated carbocycles. The van der Waals surface area contributed by atoms with E-state index in [1.807, 2.05) is 0 Å². The van der Waals surface area contributed by atoms with Crippen molar-refractivity contribution in [2.24, 2.45) is 0 Å². The summed E-state index contributed by atoms with van der Waals surface area (Å²) in [6.07, 6.45) is 1.89. The van der Waals surface area contributed by atoms with Crippen LogP contribution in [0.25, 0.3) is 11.3 Å². The number of pyridine rings is 1. The Labute approximate surface area is 215 Å². The molecular formula is C27H34F4N4O2. The monoisotopic (exact) mass is 522 g/mol. The second-order valence-electron chi connectivity index (χ2n) is 10.1. The molecule has 2 heterocycles. The molecule has 0 unspecified atom stereocenters. The first kappa shape index (κ1) is 27.3. The number of hydrogen-bond acceptors (Lipinski definition) is 5. The van der Waals surface area contributed by atoms with Gasteiger partial charge in [0.15, 0.2) is 0 Å². The Morgan fingerprint density at radius 1 is 1.16 bits per heavy atom. The highest BCUT2D eigenvalue weighted by Crippen LogP contribution is 2.37. The summed E-state index contributed by atoms with van der Waals surface area (Å²) in [5.74, 6) is -4.98. The number of piperazine rings is 1. The highest BCUT2D eigenvalue weighted by molar-refractivity contribution is 5.81. The first-order valence-electron chi connectivity index (χ1n) is 12.7. The minimum Gasteiger partial charge on any atom is -0.494 e. The number of nitrogens with one attached hydrogen (secondary N) is 1. The summed E-state index contributed by atoms with van der Waals surface area (Å²) in [6.45, 7) is 7.21. The Kier molecular flexibility index (Phi) is 8.38. The van der Waals surface area contributed by atoms with Crippen LogP contribution in [0.2, 0.25) is 0 Å². The molecule has 4 rings (SSSR count). The van der Waals surface area contributed by atoms with Gasteiger partial charge in [0.05, 0.1) is 13.5 Å². The van der Waals surface area contributed by atoms with Gasteiger partial charge in [0.25, 0.3) is 5.92 Å². The van der Waals surface area contributed by atoms with Crippen molar-refractivity contribution >= 4 is 5.91 Å². The van der Waals surface area contributed by atoms with Crippen molar-refractivity contribution < 1.29 is 27.1 Å². The van der Waals surface area contributed by atoms with Gasteiger partial charge in [0.1, 0.15) is 29.1 Å². The molecule has 1 N–H and O–H groups in total. The Morgan fingerprint density at radius 2 is 1.84 bits per heavy atom. The number of amides is 1. The predicted molar refractivity (Wildman–Crippen MR) is 133 cm³/mol. The molecule has 0 bridgehead atoms. The number of aromatic nitrogens is 1. The van der Waals surface area contributed by atoms with E-state index < -0.39 is 35.5 Å². The molecule has 37 heavy (non-hydrogen) atoms. The van der Waals surface area contributed by atoms with Gasteiger partial charge in [-0.15, -0.1) is 0 Å². The number of nitrogens with zero attached hydrogens (tertiary/aromatic N) is 3. The van der Waals surface area contributed by atoms with Gasteiger partial charge in [-0.2, -0.15) is 0 Å². The normalized spacial score (nSPS) is 22.7. The second-order valence-corrected chi connectivity index (χ2v) is 10.1. The zero-order valence-corrected chi connectivity index (χ0v) is 21.4. The summed E-state index contributed by atoms with van der Waals surface area (Å²) in [5.41, 5.74) is 0.696. The van der Waals surface area contributed by atoms with Crippen molar-refractivity contribution in [2.75, 3.05) is 33.3 Å². The van der Waals surface area contributed by atoms with Crippen LogP contribution in [0, 0.1) is 11.6 Å². The second kappa shape index (κ2) is 11.3. The van der Waals surface area contributed by atoms with Gasteiger partial charge >= 0.3 is 0 Å². The molecule has 0 radical (unpaired) electrons. The van der Waals surface area contributed by atoms with E-state index in [1.165, 1.54) is 13.3 Å². The Bertz CT molecular complexity index is 1090. The van der Waals surface area contributed by atoms with Crippen molar-refractivity contribution in [3.05, 3.63) is 47.7 Å². The quantitative estimate of drug-likeness (QED) is 0.551.